The number of benzene rings is 3. The van der Waals surface area contributed by atoms with Crippen LogP contribution in [0, 0.1) is 13.8 Å². The van der Waals surface area contributed by atoms with Crippen molar-refractivity contribution < 1.29 is 9.84 Å². The number of hydrogen-bond donors (Lipinski definition) is 1. The van der Waals surface area contributed by atoms with Crippen molar-refractivity contribution in [3.8, 4) is 21.1 Å². The van der Waals surface area contributed by atoms with E-state index in [1.807, 2.05) is 54.6 Å². The number of thiazole rings is 2. The van der Waals surface area contributed by atoms with E-state index in [0.29, 0.717) is 0 Å². The lowest BCUT2D eigenvalue weighted by Crippen LogP contribution is -2.31. The molecule has 6 heteroatoms. The monoisotopic (exact) mass is 522 g/mol. The number of rotatable bonds is 6. The van der Waals surface area contributed by atoms with Gasteiger partial charge in [-0.3, -0.25) is 0 Å². The Morgan fingerprint density at radius 3 is 1.84 bits per heavy atom. The predicted octanol–water partition coefficient (Wildman–Crippen LogP) is 7.36. The van der Waals surface area contributed by atoms with Gasteiger partial charge in [-0.25, -0.2) is 9.97 Å². The van der Waals surface area contributed by atoms with E-state index in [4.69, 9.17) is 14.7 Å². The summed E-state index contributed by atoms with van der Waals surface area (Å²) in [6, 6.07) is 28.5. The van der Waals surface area contributed by atoms with Crippen molar-refractivity contribution in [2.24, 2.45) is 0 Å². The van der Waals surface area contributed by atoms with E-state index >= 15 is 0 Å². The zero-order valence-electron chi connectivity index (χ0n) is 20.9. The Hall–Kier alpha value is -3.42. The van der Waals surface area contributed by atoms with Crippen LogP contribution in [0.15, 0.2) is 84.9 Å². The van der Waals surface area contributed by atoms with Crippen molar-refractivity contribution in [3.63, 3.8) is 0 Å². The zero-order chi connectivity index (χ0) is 25.6. The van der Waals surface area contributed by atoms with Gasteiger partial charge < -0.3 is 9.84 Å². The third-order valence-corrected chi connectivity index (χ3v) is 8.81. The third kappa shape index (κ3) is 3.97. The van der Waals surface area contributed by atoms with E-state index in [0.717, 1.165) is 64.6 Å². The van der Waals surface area contributed by atoms with E-state index in [-0.39, 0.29) is 6.61 Å². The molecule has 0 amide bonds. The molecule has 0 saturated carbocycles. The standard InChI is InChI=1S/C31H26N2O2S2/c1-19-27(32-29(36-19)21-12-6-4-7-13-21)25-23-16-10-11-17-24(23)31(34,18-35-3)26(25)28-20(2)37-30(33-28)22-14-8-5-9-15-22/h4-17,34H,18H2,1-3H3/t31-/m1/s1. The number of ether oxygens (including phenoxy) is 1. The second kappa shape index (κ2) is 9.47. The van der Waals surface area contributed by atoms with Crippen LogP contribution in [0.25, 0.3) is 32.3 Å². The Morgan fingerprint density at radius 2 is 1.24 bits per heavy atom. The fraction of sp³-hybridized carbons (Fsp3) is 0.161. The summed E-state index contributed by atoms with van der Waals surface area (Å²) in [4.78, 5) is 12.4. The number of fused-ring (bicyclic) bond motifs is 1. The normalized spacial score (nSPS) is 16.9. The largest absolute Gasteiger partial charge is 0.381 e. The van der Waals surface area contributed by atoms with Gasteiger partial charge in [0, 0.05) is 39.1 Å². The van der Waals surface area contributed by atoms with E-state index < -0.39 is 5.60 Å². The summed E-state index contributed by atoms with van der Waals surface area (Å²) >= 11 is 3.31. The van der Waals surface area contributed by atoms with Gasteiger partial charge in [0.15, 0.2) is 0 Å². The SMILES string of the molecule is COC[C@]1(O)C(c2nc(-c3ccccc3)sc2C)=C(c2nc(-c3ccccc3)sc2C)c2ccccc21. The summed E-state index contributed by atoms with van der Waals surface area (Å²) in [5.41, 5.74) is 5.96. The van der Waals surface area contributed by atoms with Crippen LogP contribution in [0.4, 0.5) is 0 Å². The lowest BCUT2D eigenvalue weighted by molar-refractivity contribution is 0.0126. The maximum Gasteiger partial charge on any atom is 0.141 e. The number of methoxy groups -OCH3 is 1. The topological polar surface area (TPSA) is 55.2 Å². The first-order valence-electron chi connectivity index (χ1n) is 12.1. The van der Waals surface area contributed by atoms with E-state index in [9.17, 15) is 5.11 Å². The molecule has 0 aliphatic heterocycles. The Kier molecular flexibility index (Phi) is 6.13. The number of aliphatic hydroxyl groups is 1. The second-order valence-electron chi connectivity index (χ2n) is 9.17. The van der Waals surface area contributed by atoms with Gasteiger partial charge in [-0.05, 0) is 25.0 Å². The van der Waals surface area contributed by atoms with Crippen molar-refractivity contribution in [2.45, 2.75) is 19.4 Å². The minimum Gasteiger partial charge on any atom is -0.381 e. The zero-order valence-corrected chi connectivity index (χ0v) is 22.5. The molecular formula is C31H26N2O2S2. The van der Waals surface area contributed by atoms with Crippen LogP contribution in [0.3, 0.4) is 0 Å². The molecule has 0 bridgehead atoms. The summed E-state index contributed by atoms with van der Waals surface area (Å²) in [5.74, 6) is 0. The highest BCUT2D eigenvalue weighted by molar-refractivity contribution is 7.15. The minimum absolute atomic E-state index is 0.120. The predicted molar refractivity (Wildman–Crippen MR) is 153 cm³/mol. The van der Waals surface area contributed by atoms with Gasteiger partial charge in [-0.15, -0.1) is 22.7 Å². The number of hydrogen-bond acceptors (Lipinski definition) is 6. The smallest absolute Gasteiger partial charge is 0.141 e. The summed E-state index contributed by atoms with van der Waals surface area (Å²) in [6.45, 7) is 4.29. The van der Waals surface area contributed by atoms with Crippen molar-refractivity contribution >= 4 is 33.8 Å². The molecule has 0 radical (unpaired) electrons. The molecular weight excluding hydrogens is 496 g/mol. The molecule has 1 aliphatic carbocycles. The van der Waals surface area contributed by atoms with Crippen molar-refractivity contribution in [1.82, 2.24) is 9.97 Å². The fourth-order valence-corrected chi connectivity index (χ4v) is 6.97. The van der Waals surface area contributed by atoms with E-state index in [1.165, 1.54) is 0 Å². The van der Waals surface area contributed by atoms with Gasteiger partial charge in [0.05, 0.1) is 18.0 Å². The molecule has 5 aromatic rings. The Labute approximate surface area is 224 Å². The first-order chi connectivity index (χ1) is 18.0. The Balaban J connectivity index is 1.63. The van der Waals surface area contributed by atoms with E-state index in [1.54, 1.807) is 29.8 Å². The molecule has 1 aliphatic rings. The van der Waals surface area contributed by atoms with Crippen molar-refractivity contribution in [1.29, 1.82) is 0 Å². The molecule has 6 rings (SSSR count). The van der Waals surface area contributed by atoms with Crippen molar-refractivity contribution in [3.05, 3.63) is 117 Å². The van der Waals surface area contributed by atoms with Crippen LogP contribution in [0.1, 0.15) is 32.3 Å². The highest BCUT2D eigenvalue weighted by atomic mass is 32.1. The maximum absolute atomic E-state index is 12.4. The van der Waals surface area contributed by atoms with Gasteiger partial charge in [0.25, 0.3) is 0 Å². The minimum atomic E-state index is -1.35. The maximum atomic E-state index is 12.4. The lowest BCUT2D eigenvalue weighted by Gasteiger charge is -2.27. The number of aryl methyl sites for hydroxylation is 2. The molecule has 2 heterocycles. The van der Waals surface area contributed by atoms with Crippen LogP contribution in [-0.2, 0) is 10.3 Å². The van der Waals surface area contributed by atoms with E-state index in [2.05, 4.69) is 44.2 Å². The Morgan fingerprint density at radius 1 is 0.730 bits per heavy atom. The first kappa shape index (κ1) is 23.9. The summed E-state index contributed by atoms with van der Waals surface area (Å²) in [7, 11) is 1.63. The highest BCUT2D eigenvalue weighted by Gasteiger charge is 2.47. The van der Waals surface area contributed by atoms with Gasteiger partial charge >= 0.3 is 0 Å². The average Bonchev–Trinajstić information content (AvgIpc) is 3.57. The molecule has 4 nitrogen and oxygen atoms in total. The van der Waals surface area contributed by atoms with Crippen LogP contribution < -0.4 is 0 Å². The molecule has 1 atom stereocenters. The first-order valence-corrected chi connectivity index (χ1v) is 13.8. The van der Waals surface area contributed by atoms with Gasteiger partial charge in [0.1, 0.15) is 15.6 Å². The quantitative estimate of drug-likeness (QED) is 0.253. The highest BCUT2D eigenvalue weighted by Crippen LogP contribution is 2.54. The van der Waals surface area contributed by atoms with Crippen LogP contribution in [-0.4, -0.2) is 28.8 Å². The molecule has 0 spiro atoms. The average molecular weight is 523 g/mol. The van der Waals surface area contributed by atoms with Gasteiger partial charge in [-0.2, -0.15) is 0 Å². The lowest BCUT2D eigenvalue weighted by atomic mass is 9.88. The number of aromatic nitrogens is 2. The van der Waals surface area contributed by atoms with Crippen LogP contribution in [0.2, 0.25) is 0 Å². The van der Waals surface area contributed by atoms with Crippen molar-refractivity contribution in [2.75, 3.05) is 13.7 Å². The van der Waals surface area contributed by atoms with Crippen LogP contribution >= 0.6 is 22.7 Å². The molecule has 1 N–H and O–H groups in total. The molecule has 0 unspecified atom stereocenters. The molecule has 184 valence electrons. The summed E-state index contributed by atoms with van der Waals surface area (Å²) in [6.07, 6.45) is 0. The Bertz CT molecular complexity index is 1620. The van der Waals surface area contributed by atoms with Gasteiger partial charge in [-0.1, -0.05) is 84.9 Å². The third-order valence-electron chi connectivity index (χ3n) is 6.77. The molecule has 2 aromatic heterocycles. The number of nitrogens with zero attached hydrogens (tertiary/aromatic N) is 2. The van der Waals surface area contributed by atoms with Gasteiger partial charge in [0.2, 0.25) is 0 Å². The summed E-state index contributed by atoms with van der Waals surface area (Å²) in [5, 5.41) is 14.2. The van der Waals surface area contributed by atoms with Crippen LogP contribution in [0.5, 0.6) is 0 Å². The summed E-state index contributed by atoms with van der Waals surface area (Å²) < 4.78 is 5.63. The molecule has 0 fully saturated rings. The second-order valence-corrected chi connectivity index (χ2v) is 11.6. The molecule has 3 aromatic carbocycles. The molecule has 37 heavy (non-hydrogen) atoms. The molecule has 0 saturated heterocycles. The fourth-order valence-electron chi connectivity index (χ4n) is 5.12.